The van der Waals surface area contributed by atoms with E-state index in [4.69, 9.17) is 5.73 Å². The lowest BCUT2D eigenvalue weighted by molar-refractivity contribution is 0.510. The van der Waals surface area contributed by atoms with Crippen molar-refractivity contribution in [1.29, 1.82) is 0 Å². The first-order chi connectivity index (χ1) is 7.77. The molecule has 0 spiro atoms. The van der Waals surface area contributed by atoms with Crippen LogP contribution in [0.5, 0.6) is 0 Å². The van der Waals surface area contributed by atoms with Gasteiger partial charge in [0.2, 0.25) is 0 Å². The van der Waals surface area contributed by atoms with Crippen LogP contribution < -0.4 is 11.1 Å². The molecule has 0 unspecified atom stereocenters. The molecule has 3 N–H and O–H groups in total. The Morgan fingerprint density at radius 3 is 1.94 bits per heavy atom. The molecule has 0 aliphatic carbocycles. The summed E-state index contributed by atoms with van der Waals surface area (Å²) in [5.74, 6) is 0.871. The number of hydrogen-bond donors (Lipinski definition) is 2. The van der Waals surface area contributed by atoms with Gasteiger partial charge in [0.1, 0.15) is 0 Å². The van der Waals surface area contributed by atoms with Gasteiger partial charge in [0.25, 0.3) is 0 Å². The predicted octanol–water partition coefficient (Wildman–Crippen LogP) is 3.31. The van der Waals surface area contributed by atoms with Gasteiger partial charge in [0.05, 0.1) is 0 Å². The average Bonchev–Trinajstić information content (AvgIpc) is 2.25. The summed E-state index contributed by atoms with van der Waals surface area (Å²) < 4.78 is 0. The largest absolute Gasteiger partial charge is 0.330 e. The fourth-order valence-electron chi connectivity index (χ4n) is 1.85. The molecule has 0 bridgehead atoms. The molecule has 0 atom stereocenters. The quantitative estimate of drug-likeness (QED) is 0.503. The van der Waals surface area contributed by atoms with E-state index in [1.807, 2.05) is 0 Å². The lowest BCUT2D eigenvalue weighted by Crippen LogP contribution is -2.16. The summed E-state index contributed by atoms with van der Waals surface area (Å²) in [7, 11) is 0. The van der Waals surface area contributed by atoms with Crippen molar-refractivity contribution in [3.63, 3.8) is 0 Å². The van der Waals surface area contributed by atoms with Crippen molar-refractivity contribution in [2.75, 3.05) is 19.6 Å². The van der Waals surface area contributed by atoms with Crippen LogP contribution in [0, 0.1) is 5.92 Å². The zero-order valence-corrected chi connectivity index (χ0v) is 11.4. The van der Waals surface area contributed by atoms with Gasteiger partial charge in [-0.1, -0.05) is 46.0 Å². The lowest BCUT2D eigenvalue weighted by atomic mass is 10.1. The Kier molecular flexibility index (Phi) is 12.9. The summed E-state index contributed by atoms with van der Waals surface area (Å²) in [6.07, 6.45) is 10.6. The average molecular weight is 228 g/mol. The monoisotopic (exact) mass is 228 g/mol. The highest BCUT2D eigenvalue weighted by atomic mass is 14.8. The summed E-state index contributed by atoms with van der Waals surface area (Å²) in [5.41, 5.74) is 5.44. The van der Waals surface area contributed by atoms with Crippen LogP contribution >= 0.6 is 0 Å². The zero-order chi connectivity index (χ0) is 12.1. The van der Waals surface area contributed by atoms with Crippen LogP contribution in [0.15, 0.2) is 0 Å². The SMILES string of the molecule is CC(C)CCCCCNCCCCCCN. The van der Waals surface area contributed by atoms with E-state index < -0.39 is 0 Å². The third-order valence-corrected chi connectivity index (χ3v) is 2.94. The minimum atomic E-state index is 0.850. The number of rotatable bonds is 12. The smallest absolute Gasteiger partial charge is 0.00489 e. The Labute approximate surface area is 102 Å². The normalized spacial score (nSPS) is 11.2. The number of nitrogens with one attached hydrogen (secondary N) is 1. The maximum absolute atomic E-state index is 5.44. The molecule has 0 aliphatic heterocycles. The molecule has 2 nitrogen and oxygen atoms in total. The second-order valence-electron chi connectivity index (χ2n) is 5.20. The molecule has 16 heavy (non-hydrogen) atoms. The molecule has 0 amide bonds. The summed E-state index contributed by atoms with van der Waals surface area (Å²) in [6, 6.07) is 0. The van der Waals surface area contributed by atoms with Crippen molar-refractivity contribution in [3.8, 4) is 0 Å². The molecule has 0 saturated heterocycles. The molecule has 0 aromatic carbocycles. The second kappa shape index (κ2) is 13.0. The first-order valence-corrected chi connectivity index (χ1v) is 7.18. The second-order valence-corrected chi connectivity index (χ2v) is 5.20. The van der Waals surface area contributed by atoms with Gasteiger partial charge in [0.15, 0.2) is 0 Å². The molecule has 0 aromatic rings. The summed E-state index contributed by atoms with van der Waals surface area (Å²) in [5, 5.41) is 3.52. The van der Waals surface area contributed by atoms with E-state index >= 15 is 0 Å². The molecule has 0 heterocycles. The Morgan fingerprint density at radius 2 is 1.38 bits per heavy atom. The van der Waals surface area contributed by atoms with Crippen LogP contribution in [-0.2, 0) is 0 Å². The molecular formula is C14H32N2. The molecule has 0 rings (SSSR count). The third-order valence-electron chi connectivity index (χ3n) is 2.94. The van der Waals surface area contributed by atoms with Crippen LogP contribution in [0.2, 0.25) is 0 Å². The van der Waals surface area contributed by atoms with E-state index in [0.29, 0.717) is 0 Å². The Bertz CT molecular complexity index is 124. The first kappa shape index (κ1) is 15.9. The van der Waals surface area contributed by atoms with E-state index in [9.17, 15) is 0 Å². The minimum Gasteiger partial charge on any atom is -0.330 e. The molecule has 0 aromatic heterocycles. The Hall–Kier alpha value is -0.0800. The maximum atomic E-state index is 5.44. The van der Waals surface area contributed by atoms with E-state index in [0.717, 1.165) is 12.5 Å². The van der Waals surface area contributed by atoms with Crippen molar-refractivity contribution in [2.24, 2.45) is 11.7 Å². The Morgan fingerprint density at radius 1 is 0.812 bits per heavy atom. The van der Waals surface area contributed by atoms with Crippen molar-refractivity contribution in [3.05, 3.63) is 0 Å². The number of hydrogen-bond acceptors (Lipinski definition) is 2. The molecule has 0 fully saturated rings. The highest BCUT2D eigenvalue weighted by molar-refractivity contribution is 4.52. The van der Waals surface area contributed by atoms with Gasteiger partial charge < -0.3 is 11.1 Å². The van der Waals surface area contributed by atoms with Crippen LogP contribution in [-0.4, -0.2) is 19.6 Å². The summed E-state index contributed by atoms with van der Waals surface area (Å²) >= 11 is 0. The maximum Gasteiger partial charge on any atom is -0.00489 e. The van der Waals surface area contributed by atoms with Gasteiger partial charge in [-0.05, 0) is 44.8 Å². The van der Waals surface area contributed by atoms with Gasteiger partial charge in [0, 0.05) is 0 Å². The third kappa shape index (κ3) is 13.9. The zero-order valence-electron chi connectivity index (χ0n) is 11.4. The molecule has 0 radical (unpaired) electrons. The molecule has 2 heteroatoms. The van der Waals surface area contributed by atoms with E-state index in [2.05, 4.69) is 19.2 Å². The van der Waals surface area contributed by atoms with Crippen molar-refractivity contribution >= 4 is 0 Å². The molecule has 98 valence electrons. The van der Waals surface area contributed by atoms with E-state index in [1.165, 1.54) is 64.5 Å². The van der Waals surface area contributed by atoms with E-state index in [-0.39, 0.29) is 0 Å². The van der Waals surface area contributed by atoms with Gasteiger partial charge in [-0.25, -0.2) is 0 Å². The van der Waals surface area contributed by atoms with Crippen LogP contribution in [0.3, 0.4) is 0 Å². The molecule has 0 saturated carbocycles. The fourth-order valence-corrected chi connectivity index (χ4v) is 1.85. The van der Waals surface area contributed by atoms with Gasteiger partial charge in [-0.3, -0.25) is 0 Å². The predicted molar refractivity (Wildman–Crippen MR) is 73.7 cm³/mol. The standard InChI is InChI=1S/C14H32N2/c1-14(2)10-6-5-9-13-16-12-8-4-3-7-11-15/h14,16H,3-13,15H2,1-2H3. The first-order valence-electron chi connectivity index (χ1n) is 7.18. The highest BCUT2D eigenvalue weighted by Gasteiger charge is 1.94. The van der Waals surface area contributed by atoms with Crippen LogP contribution in [0.25, 0.3) is 0 Å². The molecular weight excluding hydrogens is 196 g/mol. The fraction of sp³-hybridized carbons (Fsp3) is 1.00. The highest BCUT2D eigenvalue weighted by Crippen LogP contribution is 2.07. The van der Waals surface area contributed by atoms with Crippen molar-refractivity contribution < 1.29 is 0 Å². The van der Waals surface area contributed by atoms with Crippen LogP contribution in [0.1, 0.15) is 65.2 Å². The number of unbranched alkanes of at least 4 members (excludes halogenated alkanes) is 5. The van der Waals surface area contributed by atoms with Gasteiger partial charge in [-0.2, -0.15) is 0 Å². The number of nitrogens with two attached hydrogens (primary N) is 1. The summed E-state index contributed by atoms with van der Waals surface area (Å²) in [4.78, 5) is 0. The topological polar surface area (TPSA) is 38.0 Å². The van der Waals surface area contributed by atoms with Crippen molar-refractivity contribution in [1.82, 2.24) is 5.32 Å². The van der Waals surface area contributed by atoms with E-state index in [1.54, 1.807) is 0 Å². The molecule has 0 aliphatic rings. The Balaban J connectivity index is 2.88. The van der Waals surface area contributed by atoms with Gasteiger partial charge in [-0.15, -0.1) is 0 Å². The van der Waals surface area contributed by atoms with Gasteiger partial charge >= 0.3 is 0 Å². The van der Waals surface area contributed by atoms with Crippen LogP contribution in [0.4, 0.5) is 0 Å². The minimum absolute atomic E-state index is 0.850. The van der Waals surface area contributed by atoms with Crippen molar-refractivity contribution in [2.45, 2.75) is 65.2 Å². The summed E-state index contributed by atoms with van der Waals surface area (Å²) in [6.45, 7) is 7.85. The lowest BCUT2D eigenvalue weighted by Gasteiger charge is -2.06.